The topological polar surface area (TPSA) is 108 Å². The number of likely N-dealkylation sites (N-methyl/N-ethyl adjacent to an activating group) is 1. The Bertz CT molecular complexity index is 1550. The Kier molecular flexibility index (Phi) is 51.5. The van der Waals surface area contributed by atoms with Gasteiger partial charge in [-0.05, 0) is 77.0 Å². The summed E-state index contributed by atoms with van der Waals surface area (Å²) in [5.41, 5.74) is 0. The molecule has 0 radical (unpaired) electrons. The SMILES string of the molecule is CC/C=C\C/C=C\C/C=C\C/C=C\C/C=C\C/C=C\C/C=C\C/C=C\CCCCCCCCCCCCCCCCC(=O)OC(COC(=O)CCCCCCCCCCCC)COP(=O)(O)OCC[N+](C)(C)C. The zero-order valence-corrected chi connectivity index (χ0v) is 48.5. The van der Waals surface area contributed by atoms with Crippen LogP contribution in [0, 0.1) is 0 Å². The summed E-state index contributed by atoms with van der Waals surface area (Å²) in [7, 11) is 1.47. The number of allylic oxidation sites excluding steroid dienone is 16. The standard InChI is InChI=1S/C63H110NO8P/c1-6-8-10-12-14-16-18-19-20-21-22-23-24-25-26-27-28-29-30-31-32-33-34-35-36-37-38-39-40-41-42-43-44-45-46-48-50-52-54-56-63(66)72-61(60-71-73(67,68)70-58-57-64(3,4)5)59-69-62(65)55-53-51-49-47-17-15-13-11-9-7-2/h8,10,14,16,19-20,22-23,25-26,28-29,31-32,34-35,61H,6-7,9,11-13,15,17-18,21,24,27,30,33,36-60H2,1-5H3/p+1/b10-8-,16-14-,20-19-,23-22-,26-25-,29-28-,32-31-,35-34-. The fourth-order valence-electron chi connectivity index (χ4n) is 7.85. The van der Waals surface area contributed by atoms with Crippen LogP contribution in [-0.2, 0) is 32.7 Å². The average molecular weight is 1040 g/mol. The van der Waals surface area contributed by atoms with Gasteiger partial charge < -0.3 is 18.9 Å². The van der Waals surface area contributed by atoms with Crippen molar-refractivity contribution < 1.29 is 42.1 Å². The Labute approximate surface area is 449 Å². The highest BCUT2D eigenvalue weighted by Crippen LogP contribution is 2.43. The molecule has 0 amide bonds. The molecule has 73 heavy (non-hydrogen) atoms. The lowest BCUT2D eigenvalue weighted by atomic mass is 10.0. The molecule has 0 rings (SSSR count). The van der Waals surface area contributed by atoms with Crippen LogP contribution in [0.4, 0.5) is 0 Å². The van der Waals surface area contributed by atoms with Gasteiger partial charge in [-0.3, -0.25) is 18.6 Å². The van der Waals surface area contributed by atoms with Crippen LogP contribution in [0.25, 0.3) is 0 Å². The largest absolute Gasteiger partial charge is 0.472 e. The Hall–Kier alpha value is -3.07. The highest BCUT2D eigenvalue weighted by Gasteiger charge is 2.27. The molecule has 0 spiro atoms. The second-order valence-electron chi connectivity index (χ2n) is 20.7. The highest BCUT2D eigenvalue weighted by molar-refractivity contribution is 7.47. The smallest absolute Gasteiger partial charge is 0.462 e. The summed E-state index contributed by atoms with van der Waals surface area (Å²) in [5.74, 6) is -0.798. The summed E-state index contributed by atoms with van der Waals surface area (Å²) in [6.07, 6.45) is 73.6. The molecule has 0 aromatic heterocycles. The second kappa shape index (κ2) is 53.7. The van der Waals surface area contributed by atoms with Gasteiger partial charge in [0.05, 0.1) is 27.7 Å². The van der Waals surface area contributed by atoms with Gasteiger partial charge in [0.2, 0.25) is 0 Å². The van der Waals surface area contributed by atoms with Crippen LogP contribution in [0.15, 0.2) is 97.2 Å². The van der Waals surface area contributed by atoms with Crippen LogP contribution in [0.5, 0.6) is 0 Å². The fraction of sp³-hybridized carbons (Fsp3) is 0.714. The zero-order valence-electron chi connectivity index (χ0n) is 47.6. The van der Waals surface area contributed by atoms with E-state index >= 15 is 0 Å². The molecular weight excluding hydrogens is 930 g/mol. The van der Waals surface area contributed by atoms with Crippen molar-refractivity contribution in [1.82, 2.24) is 0 Å². The molecule has 0 saturated carbocycles. The molecule has 0 aliphatic carbocycles. The predicted molar refractivity (Wildman–Crippen MR) is 312 cm³/mol. The van der Waals surface area contributed by atoms with Crippen molar-refractivity contribution in [2.75, 3.05) is 47.5 Å². The molecule has 0 bridgehead atoms. The third kappa shape index (κ3) is 58.1. The van der Waals surface area contributed by atoms with Gasteiger partial charge >= 0.3 is 19.8 Å². The van der Waals surface area contributed by atoms with Gasteiger partial charge in [-0.2, -0.15) is 0 Å². The minimum absolute atomic E-state index is 0.0301. The van der Waals surface area contributed by atoms with E-state index in [0.717, 1.165) is 89.9 Å². The summed E-state index contributed by atoms with van der Waals surface area (Å²) in [5, 5.41) is 0. The molecule has 9 nitrogen and oxygen atoms in total. The Morgan fingerprint density at radius 2 is 0.781 bits per heavy atom. The lowest BCUT2D eigenvalue weighted by molar-refractivity contribution is -0.870. The van der Waals surface area contributed by atoms with Gasteiger partial charge in [0, 0.05) is 12.8 Å². The van der Waals surface area contributed by atoms with E-state index in [9.17, 15) is 19.0 Å². The normalized spacial score (nSPS) is 14.0. The minimum atomic E-state index is -4.38. The van der Waals surface area contributed by atoms with Crippen molar-refractivity contribution in [1.29, 1.82) is 0 Å². The molecule has 0 aromatic rings. The number of carbonyl (C=O) groups is 2. The Morgan fingerprint density at radius 3 is 1.16 bits per heavy atom. The van der Waals surface area contributed by atoms with E-state index in [-0.39, 0.29) is 32.0 Å². The molecule has 420 valence electrons. The zero-order chi connectivity index (χ0) is 53.5. The van der Waals surface area contributed by atoms with Crippen molar-refractivity contribution in [2.24, 2.45) is 0 Å². The number of quaternary nitrogens is 1. The summed E-state index contributed by atoms with van der Waals surface area (Å²) in [6, 6.07) is 0. The number of unbranched alkanes of at least 4 members (excludes halogenated alkanes) is 23. The first-order valence-electron chi connectivity index (χ1n) is 29.5. The summed E-state index contributed by atoms with van der Waals surface area (Å²) < 4.78 is 34.4. The van der Waals surface area contributed by atoms with Gasteiger partial charge in [0.1, 0.15) is 19.8 Å². The number of nitrogens with zero attached hydrogens (tertiary/aromatic N) is 1. The Balaban J connectivity index is 3.98. The first kappa shape index (κ1) is 69.9. The van der Waals surface area contributed by atoms with Crippen LogP contribution < -0.4 is 0 Å². The van der Waals surface area contributed by atoms with Crippen LogP contribution in [-0.4, -0.2) is 74.9 Å². The molecule has 0 heterocycles. The number of ether oxygens (including phenoxy) is 2. The summed E-state index contributed by atoms with van der Waals surface area (Å²) in [4.78, 5) is 35.5. The van der Waals surface area contributed by atoms with Crippen molar-refractivity contribution in [3.05, 3.63) is 97.2 Å². The van der Waals surface area contributed by atoms with E-state index in [1.54, 1.807) is 0 Å². The first-order valence-corrected chi connectivity index (χ1v) is 31.0. The molecule has 2 atom stereocenters. The van der Waals surface area contributed by atoms with Crippen LogP contribution in [0.3, 0.4) is 0 Å². The van der Waals surface area contributed by atoms with Gasteiger partial charge in [0.25, 0.3) is 0 Å². The number of hydrogen-bond acceptors (Lipinski definition) is 7. The maximum absolute atomic E-state index is 12.8. The highest BCUT2D eigenvalue weighted by atomic mass is 31.2. The maximum Gasteiger partial charge on any atom is 0.472 e. The fourth-order valence-corrected chi connectivity index (χ4v) is 8.60. The molecule has 0 aromatic carbocycles. The predicted octanol–water partition coefficient (Wildman–Crippen LogP) is 18.4. The van der Waals surface area contributed by atoms with E-state index in [1.165, 1.54) is 116 Å². The van der Waals surface area contributed by atoms with Crippen LogP contribution in [0.2, 0.25) is 0 Å². The Morgan fingerprint density at radius 1 is 0.438 bits per heavy atom. The summed E-state index contributed by atoms with van der Waals surface area (Å²) in [6.45, 7) is 4.30. The third-order valence-corrected chi connectivity index (χ3v) is 13.4. The van der Waals surface area contributed by atoms with E-state index < -0.39 is 26.5 Å². The first-order chi connectivity index (χ1) is 35.5. The molecule has 1 N–H and O–H groups in total. The van der Waals surface area contributed by atoms with Crippen molar-refractivity contribution in [3.8, 4) is 0 Å². The van der Waals surface area contributed by atoms with Crippen LogP contribution >= 0.6 is 7.82 Å². The molecule has 2 unspecified atom stereocenters. The molecule has 0 aliphatic rings. The number of phosphoric ester groups is 1. The van der Waals surface area contributed by atoms with Crippen molar-refractivity contribution in [2.45, 2.75) is 245 Å². The van der Waals surface area contributed by atoms with Gasteiger partial charge in [0.15, 0.2) is 6.10 Å². The molecule has 0 saturated heterocycles. The second-order valence-corrected chi connectivity index (χ2v) is 22.1. The van der Waals surface area contributed by atoms with E-state index in [1.807, 2.05) is 21.1 Å². The monoisotopic (exact) mass is 1040 g/mol. The van der Waals surface area contributed by atoms with E-state index in [2.05, 4.69) is 111 Å². The lowest BCUT2D eigenvalue weighted by Crippen LogP contribution is -2.37. The molecular formula is C63H111NO8P+. The number of esters is 2. The minimum Gasteiger partial charge on any atom is -0.462 e. The van der Waals surface area contributed by atoms with Crippen molar-refractivity contribution in [3.63, 3.8) is 0 Å². The third-order valence-electron chi connectivity index (χ3n) is 12.4. The number of phosphoric acid groups is 1. The van der Waals surface area contributed by atoms with Crippen LogP contribution in [0.1, 0.15) is 239 Å². The quantitative estimate of drug-likeness (QED) is 0.0211. The lowest BCUT2D eigenvalue weighted by Gasteiger charge is -2.24. The molecule has 0 aliphatic heterocycles. The van der Waals surface area contributed by atoms with Crippen molar-refractivity contribution >= 4 is 19.8 Å². The number of carbonyl (C=O) groups excluding carboxylic acids is 2. The average Bonchev–Trinajstić information content (AvgIpc) is 3.35. The van der Waals surface area contributed by atoms with Gasteiger partial charge in [-0.1, -0.05) is 246 Å². The number of hydrogen-bond donors (Lipinski definition) is 1. The number of rotatable bonds is 53. The van der Waals surface area contributed by atoms with E-state index in [0.29, 0.717) is 17.4 Å². The molecule has 10 heteroatoms. The maximum atomic E-state index is 12.8. The summed E-state index contributed by atoms with van der Waals surface area (Å²) >= 11 is 0. The molecule has 0 fully saturated rings. The van der Waals surface area contributed by atoms with Gasteiger partial charge in [-0.15, -0.1) is 0 Å². The van der Waals surface area contributed by atoms with Gasteiger partial charge in [-0.25, -0.2) is 4.57 Å². The van der Waals surface area contributed by atoms with E-state index in [4.69, 9.17) is 18.5 Å².